The van der Waals surface area contributed by atoms with Gasteiger partial charge >= 0.3 is 0 Å². The van der Waals surface area contributed by atoms with Crippen molar-refractivity contribution in [2.45, 2.75) is 37.3 Å². The van der Waals surface area contributed by atoms with Gasteiger partial charge in [-0.05, 0) is 42.5 Å². The summed E-state index contributed by atoms with van der Waals surface area (Å²) in [6.07, 6.45) is 2.75. The second-order valence-corrected chi connectivity index (χ2v) is 7.11. The van der Waals surface area contributed by atoms with Crippen LogP contribution in [0.15, 0.2) is 48.5 Å². The Bertz CT molecular complexity index is 656. The molecule has 1 aliphatic rings. The Morgan fingerprint density at radius 2 is 1.78 bits per heavy atom. The molecule has 1 aliphatic carbocycles. The van der Waals surface area contributed by atoms with Gasteiger partial charge in [-0.3, -0.25) is 0 Å². The molecule has 1 unspecified atom stereocenters. The maximum Gasteiger partial charge on any atom is 0.0728 e. The Kier molecular flexibility index (Phi) is 5.27. The van der Waals surface area contributed by atoms with Crippen molar-refractivity contribution in [2.24, 2.45) is 0 Å². The molecule has 4 heteroatoms. The van der Waals surface area contributed by atoms with E-state index in [1.807, 2.05) is 36.4 Å². The van der Waals surface area contributed by atoms with Gasteiger partial charge in [0.2, 0.25) is 0 Å². The number of benzene rings is 2. The van der Waals surface area contributed by atoms with Crippen LogP contribution < -0.4 is 5.32 Å². The average Bonchev–Trinajstić information content (AvgIpc) is 2.53. The Labute approximate surface area is 147 Å². The van der Waals surface area contributed by atoms with E-state index in [0.717, 1.165) is 31.4 Å². The molecule has 1 fully saturated rings. The molecule has 2 nitrogen and oxygen atoms in total. The number of hydrogen-bond donors (Lipinski definition) is 2. The van der Waals surface area contributed by atoms with Gasteiger partial charge in [-0.25, -0.2) is 0 Å². The van der Waals surface area contributed by atoms with Crippen molar-refractivity contribution in [3.8, 4) is 0 Å². The molecule has 122 valence electrons. The lowest BCUT2D eigenvalue weighted by atomic mass is 9.68. The van der Waals surface area contributed by atoms with Crippen molar-refractivity contribution in [3.05, 3.63) is 69.7 Å². The van der Waals surface area contributed by atoms with Crippen LogP contribution >= 0.6 is 23.2 Å². The second-order valence-electron chi connectivity index (χ2n) is 6.30. The fourth-order valence-corrected chi connectivity index (χ4v) is 3.50. The lowest BCUT2D eigenvalue weighted by Gasteiger charge is -2.44. The topological polar surface area (TPSA) is 32.3 Å². The van der Waals surface area contributed by atoms with Crippen LogP contribution in [0.2, 0.25) is 10.0 Å². The largest absolute Gasteiger partial charge is 0.389 e. The van der Waals surface area contributed by atoms with Gasteiger partial charge in [0, 0.05) is 19.0 Å². The number of halogens is 2. The van der Waals surface area contributed by atoms with Crippen LogP contribution in [0.25, 0.3) is 0 Å². The highest BCUT2D eigenvalue weighted by atomic mass is 35.5. The first-order valence-electron chi connectivity index (χ1n) is 8.00. The summed E-state index contributed by atoms with van der Waals surface area (Å²) in [7, 11) is 0. The number of hydrogen-bond acceptors (Lipinski definition) is 2. The van der Waals surface area contributed by atoms with Crippen molar-refractivity contribution in [1.82, 2.24) is 5.32 Å². The summed E-state index contributed by atoms with van der Waals surface area (Å²) in [6, 6.07) is 15.9. The predicted molar refractivity (Wildman–Crippen MR) is 96.2 cm³/mol. The SMILES string of the molecule is OC1(C(CNCc2ccccc2)c2ccc(Cl)c(Cl)c2)CCC1. The molecule has 2 aromatic rings. The van der Waals surface area contributed by atoms with E-state index in [4.69, 9.17) is 23.2 Å². The molecule has 0 saturated heterocycles. The molecule has 1 saturated carbocycles. The van der Waals surface area contributed by atoms with Crippen LogP contribution in [0.4, 0.5) is 0 Å². The molecule has 0 heterocycles. The van der Waals surface area contributed by atoms with Crippen LogP contribution in [0.5, 0.6) is 0 Å². The minimum Gasteiger partial charge on any atom is -0.389 e. The van der Waals surface area contributed by atoms with Crippen LogP contribution in [0.3, 0.4) is 0 Å². The van der Waals surface area contributed by atoms with Gasteiger partial charge in [-0.2, -0.15) is 0 Å². The maximum absolute atomic E-state index is 10.9. The maximum atomic E-state index is 10.9. The highest BCUT2D eigenvalue weighted by Gasteiger charge is 2.42. The summed E-state index contributed by atoms with van der Waals surface area (Å²) in [5.41, 5.74) is 1.64. The van der Waals surface area contributed by atoms with Gasteiger partial charge < -0.3 is 10.4 Å². The molecular weight excluding hydrogens is 329 g/mol. The van der Waals surface area contributed by atoms with Crippen LogP contribution in [0, 0.1) is 0 Å². The molecule has 0 spiro atoms. The van der Waals surface area contributed by atoms with E-state index in [-0.39, 0.29) is 5.92 Å². The first-order chi connectivity index (χ1) is 11.1. The van der Waals surface area contributed by atoms with Crippen molar-refractivity contribution < 1.29 is 5.11 Å². The highest BCUT2D eigenvalue weighted by Crippen LogP contribution is 2.44. The Morgan fingerprint density at radius 3 is 2.39 bits per heavy atom. The molecule has 3 rings (SSSR count). The highest BCUT2D eigenvalue weighted by molar-refractivity contribution is 6.42. The Hall–Kier alpha value is -1.06. The van der Waals surface area contributed by atoms with E-state index in [0.29, 0.717) is 16.6 Å². The van der Waals surface area contributed by atoms with Crippen molar-refractivity contribution >= 4 is 23.2 Å². The number of rotatable bonds is 6. The third-order valence-electron chi connectivity index (χ3n) is 4.73. The number of aliphatic hydroxyl groups is 1. The van der Waals surface area contributed by atoms with E-state index in [9.17, 15) is 5.11 Å². The van der Waals surface area contributed by atoms with Gasteiger partial charge in [-0.15, -0.1) is 0 Å². The second kappa shape index (κ2) is 7.23. The van der Waals surface area contributed by atoms with Crippen LogP contribution in [-0.4, -0.2) is 17.3 Å². The first kappa shape index (κ1) is 16.8. The third kappa shape index (κ3) is 3.89. The summed E-state index contributed by atoms with van der Waals surface area (Å²) < 4.78 is 0. The molecule has 0 amide bonds. The van der Waals surface area contributed by atoms with Crippen molar-refractivity contribution in [2.75, 3.05) is 6.54 Å². The predicted octanol–water partition coefficient (Wildman–Crippen LogP) is 4.78. The monoisotopic (exact) mass is 349 g/mol. The molecule has 0 aliphatic heterocycles. The zero-order valence-electron chi connectivity index (χ0n) is 12.9. The third-order valence-corrected chi connectivity index (χ3v) is 5.47. The fourth-order valence-electron chi connectivity index (χ4n) is 3.19. The van der Waals surface area contributed by atoms with Crippen LogP contribution in [-0.2, 0) is 6.54 Å². The van der Waals surface area contributed by atoms with E-state index < -0.39 is 5.60 Å². The van der Waals surface area contributed by atoms with E-state index in [2.05, 4.69) is 17.4 Å². The van der Waals surface area contributed by atoms with Gasteiger partial charge in [0.1, 0.15) is 0 Å². The molecule has 23 heavy (non-hydrogen) atoms. The van der Waals surface area contributed by atoms with Gasteiger partial charge in [0.15, 0.2) is 0 Å². The Morgan fingerprint density at radius 1 is 1.04 bits per heavy atom. The van der Waals surface area contributed by atoms with Crippen LogP contribution in [0.1, 0.15) is 36.3 Å². The zero-order valence-corrected chi connectivity index (χ0v) is 14.4. The summed E-state index contributed by atoms with van der Waals surface area (Å²) in [4.78, 5) is 0. The van der Waals surface area contributed by atoms with Crippen molar-refractivity contribution in [3.63, 3.8) is 0 Å². The average molecular weight is 350 g/mol. The smallest absolute Gasteiger partial charge is 0.0728 e. The van der Waals surface area contributed by atoms with E-state index in [1.54, 1.807) is 0 Å². The van der Waals surface area contributed by atoms with E-state index in [1.165, 1.54) is 5.56 Å². The summed E-state index contributed by atoms with van der Waals surface area (Å²) in [6.45, 7) is 1.50. The zero-order chi connectivity index (χ0) is 16.3. The number of nitrogens with one attached hydrogen (secondary N) is 1. The van der Waals surface area contributed by atoms with Gasteiger partial charge in [0.05, 0.1) is 15.6 Å². The molecule has 2 aromatic carbocycles. The fraction of sp³-hybridized carbons (Fsp3) is 0.368. The quantitative estimate of drug-likeness (QED) is 0.786. The first-order valence-corrected chi connectivity index (χ1v) is 8.76. The molecule has 2 N–H and O–H groups in total. The minimum absolute atomic E-state index is 0.0229. The van der Waals surface area contributed by atoms with Gasteiger partial charge in [0.25, 0.3) is 0 Å². The molecule has 1 atom stereocenters. The lowest BCUT2D eigenvalue weighted by molar-refractivity contribution is -0.0569. The molecule has 0 radical (unpaired) electrons. The molecule has 0 bridgehead atoms. The summed E-state index contributed by atoms with van der Waals surface area (Å²) >= 11 is 12.2. The van der Waals surface area contributed by atoms with Crippen molar-refractivity contribution in [1.29, 1.82) is 0 Å². The minimum atomic E-state index is -0.638. The van der Waals surface area contributed by atoms with E-state index >= 15 is 0 Å². The Balaban J connectivity index is 1.72. The normalized spacial score (nSPS) is 17.5. The summed E-state index contributed by atoms with van der Waals surface area (Å²) in [5.74, 6) is 0.0229. The standard InChI is InChI=1S/C19H21Cl2NO/c20-17-8-7-15(11-18(17)21)16(19(23)9-4-10-19)13-22-12-14-5-2-1-3-6-14/h1-3,5-8,11,16,22-23H,4,9-10,12-13H2. The molecular formula is C19H21Cl2NO. The summed E-state index contributed by atoms with van der Waals surface area (Å²) in [5, 5.41) is 15.4. The lowest BCUT2D eigenvalue weighted by Crippen LogP contribution is -2.46. The molecule has 0 aromatic heterocycles. The van der Waals surface area contributed by atoms with Gasteiger partial charge in [-0.1, -0.05) is 59.6 Å².